The van der Waals surface area contributed by atoms with Crippen molar-refractivity contribution in [3.05, 3.63) is 74.5 Å². The molecule has 6 heteroatoms. The Morgan fingerprint density at radius 1 is 1.07 bits per heavy atom. The van der Waals surface area contributed by atoms with Crippen LogP contribution in [-0.4, -0.2) is 21.9 Å². The smallest absolute Gasteiger partial charge is 0.294 e. The summed E-state index contributed by atoms with van der Waals surface area (Å²) in [7, 11) is 1.64. The molecule has 0 saturated heterocycles. The average Bonchev–Trinajstić information content (AvgIpc) is 3.09. The fraction of sp³-hybridized carbons (Fsp3) is 0.227. The Balaban J connectivity index is 1.91. The van der Waals surface area contributed by atoms with Gasteiger partial charge in [0.1, 0.15) is 11.4 Å². The molecule has 0 N–H and O–H groups in total. The molecule has 0 aliphatic heterocycles. The van der Waals surface area contributed by atoms with Crippen LogP contribution < -0.4 is 10.3 Å². The number of hydrogen-bond donors (Lipinski definition) is 0. The zero-order valence-corrected chi connectivity index (χ0v) is 17.1. The Bertz CT molecular complexity index is 1220. The van der Waals surface area contributed by atoms with Crippen molar-refractivity contribution in [3.8, 4) is 17.0 Å². The maximum absolute atomic E-state index is 13.1. The van der Waals surface area contributed by atoms with Crippen LogP contribution in [-0.2, 0) is 6.54 Å². The Labute approximate surface area is 167 Å². The van der Waals surface area contributed by atoms with Crippen molar-refractivity contribution in [2.45, 2.75) is 27.3 Å². The second kappa shape index (κ2) is 7.20. The van der Waals surface area contributed by atoms with E-state index in [4.69, 9.17) is 9.84 Å². The van der Waals surface area contributed by atoms with E-state index in [1.54, 1.807) is 7.11 Å². The van der Waals surface area contributed by atoms with Crippen LogP contribution in [0.25, 0.3) is 21.5 Å². The molecule has 0 aliphatic carbocycles. The number of fused-ring (bicyclic) bond motifs is 1. The van der Waals surface area contributed by atoms with Crippen LogP contribution in [0.1, 0.15) is 21.7 Å². The number of thiazole rings is 1. The number of ether oxygens (including phenoxy) is 1. The van der Waals surface area contributed by atoms with Crippen LogP contribution in [0.5, 0.6) is 5.75 Å². The monoisotopic (exact) mass is 391 g/mol. The SMILES string of the molecule is COc1ccc(-c2nn(Cc3cc(C)ccc3C)c(=O)c3nc(C)sc23)cc1. The third-order valence-corrected chi connectivity index (χ3v) is 5.77. The highest BCUT2D eigenvalue weighted by atomic mass is 32.1. The Morgan fingerprint density at radius 2 is 1.82 bits per heavy atom. The van der Waals surface area contributed by atoms with Crippen molar-refractivity contribution < 1.29 is 4.74 Å². The number of benzene rings is 2. The summed E-state index contributed by atoms with van der Waals surface area (Å²) >= 11 is 1.50. The molecule has 5 nitrogen and oxygen atoms in total. The maximum atomic E-state index is 13.1. The summed E-state index contributed by atoms with van der Waals surface area (Å²) in [5, 5.41) is 5.59. The lowest BCUT2D eigenvalue weighted by Crippen LogP contribution is -2.24. The predicted molar refractivity (Wildman–Crippen MR) is 113 cm³/mol. The van der Waals surface area contributed by atoms with Crippen LogP contribution >= 0.6 is 11.3 Å². The average molecular weight is 391 g/mol. The molecule has 2 aromatic carbocycles. The van der Waals surface area contributed by atoms with E-state index in [0.717, 1.165) is 43.4 Å². The zero-order chi connectivity index (χ0) is 19.8. The molecule has 4 rings (SSSR count). The number of rotatable bonds is 4. The van der Waals surface area contributed by atoms with Crippen LogP contribution in [0.4, 0.5) is 0 Å². The highest BCUT2D eigenvalue weighted by Crippen LogP contribution is 2.30. The highest BCUT2D eigenvalue weighted by Gasteiger charge is 2.17. The second-order valence-corrected chi connectivity index (χ2v) is 8.08. The van der Waals surface area contributed by atoms with Crippen molar-refractivity contribution in [2.75, 3.05) is 7.11 Å². The van der Waals surface area contributed by atoms with Crippen LogP contribution in [0.2, 0.25) is 0 Å². The summed E-state index contributed by atoms with van der Waals surface area (Å²) in [6, 6.07) is 14.0. The van der Waals surface area contributed by atoms with Crippen molar-refractivity contribution in [2.24, 2.45) is 0 Å². The summed E-state index contributed by atoms with van der Waals surface area (Å²) < 4.78 is 7.61. The third kappa shape index (κ3) is 3.31. The number of hydrogen-bond acceptors (Lipinski definition) is 5. The molecule has 0 spiro atoms. The second-order valence-electron chi connectivity index (χ2n) is 6.88. The number of nitrogens with zero attached hydrogens (tertiary/aromatic N) is 3. The topological polar surface area (TPSA) is 57.0 Å². The summed E-state index contributed by atoms with van der Waals surface area (Å²) in [6.45, 7) is 6.43. The number of methoxy groups -OCH3 is 1. The maximum Gasteiger partial charge on any atom is 0.294 e. The minimum absolute atomic E-state index is 0.155. The van der Waals surface area contributed by atoms with Crippen molar-refractivity contribution in [3.63, 3.8) is 0 Å². The molecule has 4 aromatic rings. The van der Waals surface area contributed by atoms with E-state index in [-0.39, 0.29) is 5.56 Å². The zero-order valence-electron chi connectivity index (χ0n) is 16.3. The number of aryl methyl sites for hydroxylation is 3. The minimum atomic E-state index is -0.155. The van der Waals surface area contributed by atoms with Gasteiger partial charge in [-0.1, -0.05) is 23.8 Å². The van der Waals surface area contributed by atoms with Gasteiger partial charge in [-0.05, 0) is 56.2 Å². The lowest BCUT2D eigenvalue weighted by Gasteiger charge is -2.11. The van der Waals surface area contributed by atoms with Gasteiger partial charge in [-0.25, -0.2) is 9.67 Å². The van der Waals surface area contributed by atoms with E-state index in [1.165, 1.54) is 16.0 Å². The summed E-state index contributed by atoms with van der Waals surface area (Å²) in [5.74, 6) is 0.782. The van der Waals surface area contributed by atoms with Crippen LogP contribution in [0, 0.1) is 20.8 Å². The molecule has 0 bridgehead atoms. The molecule has 142 valence electrons. The van der Waals surface area contributed by atoms with E-state index < -0.39 is 0 Å². The molecule has 2 heterocycles. The van der Waals surface area contributed by atoms with Gasteiger partial charge in [0.05, 0.1) is 23.4 Å². The largest absolute Gasteiger partial charge is 0.497 e. The predicted octanol–water partition coefficient (Wildman–Crippen LogP) is 4.50. The van der Waals surface area contributed by atoms with Crippen molar-refractivity contribution in [1.29, 1.82) is 0 Å². The van der Waals surface area contributed by atoms with Crippen molar-refractivity contribution in [1.82, 2.24) is 14.8 Å². The highest BCUT2D eigenvalue weighted by molar-refractivity contribution is 7.19. The van der Waals surface area contributed by atoms with Crippen LogP contribution in [0.3, 0.4) is 0 Å². The molecule has 0 unspecified atom stereocenters. The molecule has 0 amide bonds. The van der Waals surface area contributed by atoms with Gasteiger partial charge in [-0.15, -0.1) is 11.3 Å². The van der Waals surface area contributed by atoms with Gasteiger partial charge < -0.3 is 4.74 Å². The van der Waals surface area contributed by atoms with Gasteiger partial charge in [0.2, 0.25) is 0 Å². The summed E-state index contributed by atoms with van der Waals surface area (Å²) in [4.78, 5) is 17.5. The molecule has 0 aliphatic rings. The molecule has 0 atom stereocenters. The molecule has 0 fully saturated rings. The first-order chi connectivity index (χ1) is 13.5. The standard InChI is InChI=1S/C22H21N3O2S/c1-13-5-6-14(2)17(11-13)12-25-22(26)20-21(28-15(3)23-20)19(24-25)16-7-9-18(27-4)10-8-16/h5-11H,12H2,1-4H3. The fourth-order valence-electron chi connectivity index (χ4n) is 3.24. The van der Waals surface area contributed by atoms with Gasteiger partial charge in [0.25, 0.3) is 5.56 Å². The lowest BCUT2D eigenvalue weighted by molar-refractivity contribution is 0.415. The first-order valence-electron chi connectivity index (χ1n) is 9.05. The van der Waals surface area contributed by atoms with Crippen LogP contribution in [0.15, 0.2) is 47.3 Å². The number of aromatic nitrogens is 3. The van der Waals surface area contributed by atoms with Crippen molar-refractivity contribution >= 4 is 21.6 Å². The Hall–Kier alpha value is -2.99. The first-order valence-corrected chi connectivity index (χ1v) is 9.86. The summed E-state index contributed by atoms with van der Waals surface area (Å²) in [5.41, 5.74) is 5.42. The summed E-state index contributed by atoms with van der Waals surface area (Å²) in [6.07, 6.45) is 0. The molecular formula is C22H21N3O2S. The molecule has 28 heavy (non-hydrogen) atoms. The molecular weight excluding hydrogens is 370 g/mol. The van der Waals surface area contributed by atoms with Gasteiger partial charge >= 0.3 is 0 Å². The van der Waals surface area contributed by atoms with Gasteiger partial charge in [0, 0.05) is 5.56 Å². The molecule has 2 aromatic heterocycles. The Kier molecular flexibility index (Phi) is 4.73. The lowest BCUT2D eigenvalue weighted by atomic mass is 10.1. The van der Waals surface area contributed by atoms with E-state index >= 15 is 0 Å². The van der Waals surface area contributed by atoms with Gasteiger partial charge in [-0.2, -0.15) is 5.10 Å². The normalized spacial score (nSPS) is 11.1. The van der Waals surface area contributed by atoms with E-state index in [2.05, 4.69) is 37.0 Å². The Morgan fingerprint density at radius 3 is 2.54 bits per heavy atom. The van der Waals surface area contributed by atoms with E-state index in [9.17, 15) is 4.79 Å². The van der Waals surface area contributed by atoms with Gasteiger partial charge in [0.15, 0.2) is 5.52 Å². The third-order valence-electron chi connectivity index (χ3n) is 4.80. The fourth-order valence-corrected chi connectivity index (χ4v) is 4.16. The van der Waals surface area contributed by atoms with Gasteiger partial charge in [-0.3, -0.25) is 4.79 Å². The molecule has 0 saturated carbocycles. The quantitative estimate of drug-likeness (QED) is 0.514. The molecule has 0 radical (unpaired) electrons. The van der Waals surface area contributed by atoms with E-state index in [0.29, 0.717) is 12.1 Å². The first kappa shape index (κ1) is 18.4. The van der Waals surface area contributed by atoms with E-state index in [1.807, 2.05) is 31.2 Å². The minimum Gasteiger partial charge on any atom is -0.497 e.